The summed E-state index contributed by atoms with van der Waals surface area (Å²) in [6, 6.07) is 10.5. The van der Waals surface area contributed by atoms with Crippen molar-refractivity contribution in [2.45, 2.75) is 12.6 Å². The van der Waals surface area contributed by atoms with Crippen LogP contribution < -0.4 is 5.19 Å². The quantitative estimate of drug-likeness (QED) is 0.439. The van der Waals surface area contributed by atoms with Crippen molar-refractivity contribution < 1.29 is 0 Å². The summed E-state index contributed by atoms with van der Waals surface area (Å²) in [4.78, 5) is 0. The van der Waals surface area contributed by atoms with E-state index in [1.54, 1.807) is 6.08 Å². The van der Waals surface area contributed by atoms with Gasteiger partial charge < -0.3 is 0 Å². The van der Waals surface area contributed by atoms with Gasteiger partial charge in [-0.05, 0) is 17.8 Å². The molecule has 1 rings (SSSR count). The minimum atomic E-state index is -1.83. The number of hydrogen-bond acceptors (Lipinski definition) is 0. The van der Waals surface area contributed by atoms with Gasteiger partial charge in [-0.1, -0.05) is 36.4 Å². The smallest absolute Gasteiger partial charge is 0.146 e. The summed E-state index contributed by atoms with van der Waals surface area (Å²) in [5.74, 6) is 0. The molecule has 0 aliphatic heterocycles. The summed E-state index contributed by atoms with van der Waals surface area (Å²) in [5.41, 5.74) is 0. The van der Waals surface area contributed by atoms with Gasteiger partial charge in [-0.3, -0.25) is 0 Å². The molecule has 0 aliphatic carbocycles. The van der Waals surface area contributed by atoms with Gasteiger partial charge in [0, 0.05) is 0 Å². The number of hydrogen-bond donors (Lipinski definition) is 0. The van der Waals surface area contributed by atoms with Crippen LogP contribution in [-0.4, -0.2) is 14.1 Å². The minimum Gasteiger partial charge on any atom is -0.146 e. The van der Waals surface area contributed by atoms with Gasteiger partial charge in [-0.25, -0.2) is 0 Å². The lowest BCUT2D eigenvalue weighted by Crippen LogP contribution is -2.16. The molecule has 0 spiro atoms. The lowest BCUT2D eigenvalue weighted by atomic mass is 10.4. The first-order valence-corrected chi connectivity index (χ1v) is 13.5. The summed E-state index contributed by atoms with van der Waals surface area (Å²) in [5, 5.41) is 1.08. The zero-order valence-corrected chi connectivity index (χ0v) is 14.1. The van der Waals surface area contributed by atoms with Crippen molar-refractivity contribution in [1.82, 2.24) is 0 Å². The van der Waals surface area contributed by atoms with Crippen LogP contribution in [0.1, 0.15) is 0 Å². The molecule has 0 aliphatic rings. The third-order valence-electron chi connectivity index (χ3n) is 1.55. The van der Waals surface area contributed by atoms with Crippen LogP contribution in [0.2, 0.25) is 12.6 Å². The Hall–Kier alpha value is 0.554. The lowest BCUT2D eigenvalue weighted by molar-refractivity contribution is 1.67. The summed E-state index contributed by atoms with van der Waals surface area (Å²) in [6.45, 7) is 3.55. The van der Waals surface area contributed by atoms with E-state index in [0.717, 1.165) is 11.2 Å². The van der Waals surface area contributed by atoms with E-state index in [0.29, 0.717) is 0 Å². The highest BCUT2D eigenvalue weighted by Crippen LogP contribution is 2.18. The predicted octanol–water partition coefficient (Wildman–Crippen LogP) is 4.31. The largest absolute Gasteiger partial charge is 0.266 e. The molecule has 0 heterocycles. The number of benzene rings is 1. The average Bonchev–Trinajstić information content (AvgIpc) is 2.18. The predicted molar refractivity (Wildman–Crippen MR) is 83.3 cm³/mol. The van der Waals surface area contributed by atoms with E-state index in [1.165, 1.54) is 0 Å². The zero-order chi connectivity index (χ0) is 12.6. The van der Waals surface area contributed by atoms with Crippen LogP contribution in [0, 0.1) is 0 Å². The molecule has 0 aromatic heterocycles. The minimum absolute atomic E-state index is 0.774. The van der Waals surface area contributed by atoms with Gasteiger partial charge in [-0.2, -0.15) is 0 Å². The van der Waals surface area contributed by atoms with Crippen LogP contribution in [0.4, 0.5) is 0 Å². The Bertz CT molecular complexity index is 295. The van der Waals surface area contributed by atoms with Crippen LogP contribution in [0.3, 0.4) is 0 Å². The summed E-state index contributed by atoms with van der Waals surface area (Å²) in [7, 11) is -1.58. The van der Waals surface area contributed by atoms with Crippen LogP contribution in [0.15, 0.2) is 43.0 Å². The van der Waals surface area contributed by atoms with Crippen LogP contribution in [-0.2, 0) is 0 Å². The normalized spacial score (nSPS) is 10.6. The Balaban J connectivity index is 0.000000293. The fraction of sp³-hybridized carbons (Fsp3) is 0.200. The first kappa shape index (κ1) is 16.6. The molecule has 0 nitrogen and oxygen atoms in total. The maximum atomic E-state index is 5.71. The number of halogens is 4. The third kappa shape index (κ3) is 9.76. The summed E-state index contributed by atoms with van der Waals surface area (Å²) < 4.78 is 0. The van der Waals surface area contributed by atoms with Crippen LogP contribution in [0.5, 0.6) is 0 Å². The van der Waals surface area contributed by atoms with Gasteiger partial charge in [0.05, 0.1) is 0 Å². The topological polar surface area (TPSA) is 0 Å². The molecular weight excluding hydrogens is 318 g/mol. The second-order valence-electron chi connectivity index (χ2n) is 3.27. The van der Waals surface area contributed by atoms with Crippen molar-refractivity contribution in [3.05, 3.63) is 43.0 Å². The monoisotopic (exact) mass is 330 g/mol. The van der Waals surface area contributed by atoms with Crippen molar-refractivity contribution in [3.8, 4) is 0 Å². The zero-order valence-electron chi connectivity index (χ0n) is 8.97. The van der Waals surface area contributed by atoms with E-state index < -0.39 is 14.1 Å². The van der Waals surface area contributed by atoms with E-state index in [4.69, 9.17) is 44.3 Å². The first-order chi connectivity index (χ1) is 7.37. The molecule has 0 N–H and O–H groups in total. The molecule has 0 fully saturated rings. The molecule has 6 heteroatoms. The Morgan fingerprint density at radius 2 is 1.75 bits per heavy atom. The van der Waals surface area contributed by atoms with E-state index in [-0.39, 0.29) is 0 Å². The molecular formula is C10H14Cl4Si2. The highest BCUT2D eigenvalue weighted by molar-refractivity contribution is 7.45. The third-order valence-corrected chi connectivity index (χ3v) is 5.89. The van der Waals surface area contributed by atoms with Crippen molar-refractivity contribution >= 4 is 63.6 Å². The maximum absolute atomic E-state index is 5.71. The highest BCUT2D eigenvalue weighted by Gasteiger charge is 2.17. The Morgan fingerprint density at radius 3 is 1.94 bits per heavy atom. The summed E-state index contributed by atoms with van der Waals surface area (Å²) >= 11 is 22.7. The van der Waals surface area contributed by atoms with E-state index in [1.807, 2.05) is 36.9 Å². The Morgan fingerprint density at radius 1 is 1.25 bits per heavy atom. The second-order valence-corrected chi connectivity index (χ2v) is 16.0. The number of rotatable bonds is 3. The molecule has 90 valence electrons. The molecule has 0 amide bonds. The molecule has 0 bridgehead atoms. The molecule has 0 atom stereocenters. The van der Waals surface area contributed by atoms with Gasteiger partial charge in [0.25, 0.3) is 14.1 Å². The second kappa shape index (κ2) is 8.62. The standard InChI is InChI=1S/C6H6Cl2Si.C4H8Cl2Si/c7-9(8)6-4-2-1-3-5-6;1-3-4-7(2,5)6/h1-5,9H;3H,1,4H2,2H3. The molecule has 0 saturated heterocycles. The van der Waals surface area contributed by atoms with Gasteiger partial charge in [0.1, 0.15) is 0 Å². The van der Waals surface area contributed by atoms with E-state index in [2.05, 4.69) is 6.58 Å². The Labute approximate surface area is 119 Å². The van der Waals surface area contributed by atoms with Crippen molar-refractivity contribution in [2.75, 3.05) is 0 Å². The maximum Gasteiger partial charge on any atom is 0.266 e. The van der Waals surface area contributed by atoms with Crippen molar-refractivity contribution in [1.29, 1.82) is 0 Å². The van der Waals surface area contributed by atoms with Gasteiger partial charge in [-0.15, -0.1) is 50.9 Å². The lowest BCUT2D eigenvalue weighted by Gasteiger charge is -2.02. The molecule has 0 saturated carbocycles. The van der Waals surface area contributed by atoms with Gasteiger partial charge in [0.15, 0.2) is 0 Å². The molecule has 0 unspecified atom stereocenters. The fourth-order valence-corrected chi connectivity index (χ4v) is 3.40. The SMILES string of the molecule is C=CC[Si](C)(Cl)Cl.Cl[SiH](Cl)c1ccccc1. The number of allylic oxidation sites excluding steroid dienone is 1. The van der Waals surface area contributed by atoms with Crippen molar-refractivity contribution in [2.24, 2.45) is 0 Å². The van der Waals surface area contributed by atoms with E-state index >= 15 is 0 Å². The average molecular weight is 332 g/mol. The van der Waals surface area contributed by atoms with Crippen molar-refractivity contribution in [3.63, 3.8) is 0 Å². The Kier molecular flexibility index (Phi) is 8.91. The molecule has 1 aromatic rings. The molecule has 16 heavy (non-hydrogen) atoms. The van der Waals surface area contributed by atoms with Crippen LogP contribution >= 0.6 is 44.3 Å². The fourth-order valence-electron chi connectivity index (χ4n) is 0.852. The molecule has 0 radical (unpaired) electrons. The van der Waals surface area contributed by atoms with Gasteiger partial charge in [0.2, 0.25) is 0 Å². The summed E-state index contributed by atoms with van der Waals surface area (Å²) in [6.07, 6.45) is 1.76. The van der Waals surface area contributed by atoms with Gasteiger partial charge >= 0.3 is 0 Å². The van der Waals surface area contributed by atoms with E-state index in [9.17, 15) is 0 Å². The first-order valence-electron chi connectivity index (χ1n) is 4.68. The highest BCUT2D eigenvalue weighted by atomic mass is 35.7. The molecule has 1 aromatic carbocycles. The van der Waals surface area contributed by atoms with Crippen LogP contribution in [0.25, 0.3) is 0 Å².